The molecule has 0 fully saturated rings. The number of nitrogens with one attached hydrogen (secondary N) is 1. The van der Waals surface area contributed by atoms with Crippen LogP contribution in [0.3, 0.4) is 0 Å². The summed E-state index contributed by atoms with van der Waals surface area (Å²) in [5.41, 5.74) is 5.52. The van der Waals surface area contributed by atoms with E-state index >= 15 is 0 Å². The lowest BCUT2D eigenvalue weighted by molar-refractivity contribution is 0.405. The minimum atomic E-state index is -1.17. The first-order chi connectivity index (χ1) is 9.40. The van der Waals surface area contributed by atoms with Crippen molar-refractivity contribution in [1.29, 1.82) is 5.41 Å². The van der Waals surface area contributed by atoms with Crippen molar-refractivity contribution >= 4 is 33.4 Å². The van der Waals surface area contributed by atoms with Gasteiger partial charge in [-0.1, -0.05) is 27.5 Å². The Bertz CT molecular complexity index is 697. The molecule has 0 spiro atoms. The summed E-state index contributed by atoms with van der Waals surface area (Å²) in [5, 5.41) is 7.28. The number of nitrogens with zero attached hydrogens (tertiary/aromatic N) is 1. The van der Waals surface area contributed by atoms with Gasteiger partial charge >= 0.3 is 0 Å². The molecule has 2 rings (SSSR count). The average Bonchev–Trinajstić information content (AvgIpc) is 2.37. The summed E-state index contributed by atoms with van der Waals surface area (Å²) in [6.45, 7) is 0. The molecule has 3 N–H and O–H groups in total. The van der Waals surface area contributed by atoms with E-state index in [-0.39, 0.29) is 28.1 Å². The summed E-state index contributed by atoms with van der Waals surface area (Å²) in [4.78, 5) is 3.81. The highest BCUT2D eigenvalue weighted by molar-refractivity contribution is 9.10. The first-order valence-electron chi connectivity index (χ1n) is 5.21. The zero-order valence-electron chi connectivity index (χ0n) is 9.75. The van der Waals surface area contributed by atoms with E-state index in [1.807, 2.05) is 0 Å². The number of nitrogens with two attached hydrogens (primary N) is 1. The van der Waals surface area contributed by atoms with Crippen LogP contribution in [0.1, 0.15) is 5.56 Å². The minimum Gasteiger partial charge on any atom is -0.434 e. The Morgan fingerprint density at radius 2 is 2.10 bits per heavy atom. The van der Waals surface area contributed by atoms with Crippen LogP contribution in [-0.2, 0) is 0 Å². The van der Waals surface area contributed by atoms with Crippen LogP contribution in [0, 0.1) is 17.0 Å². The average molecular weight is 363 g/mol. The summed E-state index contributed by atoms with van der Waals surface area (Å²) >= 11 is 8.97. The summed E-state index contributed by atoms with van der Waals surface area (Å²) in [7, 11) is 0. The third kappa shape index (κ3) is 2.88. The van der Waals surface area contributed by atoms with Crippen molar-refractivity contribution in [3.63, 3.8) is 0 Å². The summed E-state index contributed by atoms with van der Waals surface area (Å²) in [6, 6.07) is 3.61. The zero-order chi connectivity index (χ0) is 14.9. The molecule has 0 atom stereocenters. The fourth-order valence-electron chi connectivity index (χ4n) is 1.41. The molecule has 0 aliphatic carbocycles. The summed E-state index contributed by atoms with van der Waals surface area (Å²) < 4.78 is 32.3. The number of aromatic nitrogens is 1. The number of pyridine rings is 1. The fourth-order valence-corrected chi connectivity index (χ4v) is 2.08. The Morgan fingerprint density at radius 3 is 2.75 bits per heavy atom. The zero-order valence-corrected chi connectivity index (χ0v) is 12.1. The molecule has 1 heterocycles. The second-order valence-corrected chi connectivity index (χ2v) is 4.99. The molecule has 1 aromatic carbocycles. The van der Waals surface area contributed by atoms with Crippen LogP contribution >= 0.6 is 27.5 Å². The molecular formula is C12H7BrClF2N3O. The fraction of sp³-hybridized carbons (Fsp3) is 0. The van der Waals surface area contributed by atoms with Crippen molar-refractivity contribution in [1.82, 2.24) is 4.98 Å². The Hall–Kier alpha value is -1.73. The summed E-state index contributed by atoms with van der Waals surface area (Å²) in [5.74, 6) is -3.08. The molecule has 0 radical (unpaired) electrons. The Morgan fingerprint density at radius 1 is 1.40 bits per heavy atom. The van der Waals surface area contributed by atoms with Gasteiger partial charge in [0.1, 0.15) is 10.9 Å². The van der Waals surface area contributed by atoms with Crippen molar-refractivity contribution < 1.29 is 13.5 Å². The molecule has 0 aliphatic heterocycles. The molecule has 2 aromatic rings. The van der Waals surface area contributed by atoms with Crippen molar-refractivity contribution in [3.8, 4) is 11.6 Å². The van der Waals surface area contributed by atoms with Crippen LogP contribution < -0.4 is 10.5 Å². The van der Waals surface area contributed by atoms with E-state index < -0.39 is 11.6 Å². The van der Waals surface area contributed by atoms with E-state index in [1.54, 1.807) is 0 Å². The second kappa shape index (κ2) is 5.72. The van der Waals surface area contributed by atoms with Crippen molar-refractivity contribution in [2.45, 2.75) is 0 Å². The monoisotopic (exact) mass is 361 g/mol. The van der Waals surface area contributed by atoms with Crippen LogP contribution in [0.4, 0.5) is 8.78 Å². The number of benzene rings is 1. The quantitative estimate of drug-likeness (QED) is 0.495. The smallest absolute Gasteiger partial charge is 0.239 e. The van der Waals surface area contributed by atoms with Crippen LogP contribution in [0.5, 0.6) is 11.6 Å². The SMILES string of the molecule is N=C(N)c1ccnc(Oc2cc(Br)cc(F)c2F)c1Cl. The standard InChI is InChI=1S/C12H7BrClF2N3O/c13-5-3-7(15)10(16)8(4-5)20-12-9(14)6(11(17)18)1-2-19-12/h1-4H,(H3,17,18). The first-order valence-corrected chi connectivity index (χ1v) is 6.38. The lowest BCUT2D eigenvalue weighted by atomic mass is 10.2. The third-order valence-corrected chi connectivity index (χ3v) is 3.14. The van der Waals surface area contributed by atoms with Crippen LogP contribution in [0.2, 0.25) is 5.02 Å². The highest BCUT2D eigenvalue weighted by Crippen LogP contribution is 2.33. The van der Waals surface area contributed by atoms with Crippen LogP contribution in [0.15, 0.2) is 28.9 Å². The maximum atomic E-state index is 13.6. The van der Waals surface area contributed by atoms with E-state index in [4.69, 9.17) is 27.5 Å². The van der Waals surface area contributed by atoms with Gasteiger partial charge in [0.15, 0.2) is 11.6 Å². The number of nitrogen functional groups attached to an aromatic ring is 1. The number of rotatable bonds is 3. The molecule has 0 saturated heterocycles. The molecule has 0 bridgehead atoms. The molecule has 104 valence electrons. The van der Waals surface area contributed by atoms with E-state index in [1.165, 1.54) is 18.3 Å². The molecular weight excluding hydrogens is 356 g/mol. The third-order valence-electron chi connectivity index (χ3n) is 2.31. The van der Waals surface area contributed by atoms with Gasteiger partial charge in [-0.25, -0.2) is 9.37 Å². The highest BCUT2D eigenvalue weighted by atomic mass is 79.9. The van der Waals surface area contributed by atoms with Gasteiger partial charge in [0.05, 0.1) is 0 Å². The number of halogens is 4. The normalized spacial score (nSPS) is 10.4. The van der Waals surface area contributed by atoms with E-state index in [9.17, 15) is 8.78 Å². The second-order valence-electron chi connectivity index (χ2n) is 3.69. The molecule has 0 unspecified atom stereocenters. The van der Waals surface area contributed by atoms with E-state index in [2.05, 4.69) is 20.9 Å². The topological polar surface area (TPSA) is 72.0 Å². The molecule has 8 heteroatoms. The van der Waals surface area contributed by atoms with Crippen LogP contribution in [-0.4, -0.2) is 10.8 Å². The Kier molecular flexibility index (Phi) is 4.20. The largest absolute Gasteiger partial charge is 0.434 e. The van der Waals surface area contributed by atoms with Gasteiger partial charge in [-0.15, -0.1) is 0 Å². The molecule has 4 nitrogen and oxygen atoms in total. The van der Waals surface area contributed by atoms with Gasteiger partial charge in [0.2, 0.25) is 11.7 Å². The molecule has 20 heavy (non-hydrogen) atoms. The summed E-state index contributed by atoms with van der Waals surface area (Å²) in [6.07, 6.45) is 1.30. The predicted molar refractivity (Wildman–Crippen MR) is 74.4 cm³/mol. The van der Waals surface area contributed by atoms with Gasteiger partial charge in [0, 0.05) is 16.2 Å². The van der Waals surface area contributed by atoms with Gasteiger partial charge in [0.25, 0.3) is 0 Å². The number of amidine groups is 1. The minimum absolute atomic E-state index is 0.0558. The van der Waals surface area contributed by atoms with Crippen LogP contribution in [0.25, 0.3) is 0 Å². The molecule has 0 saturated carbocycles. The van der Waals surface area contributed by atoms with Crippen molar-refractivity contribution in [2.24, 2.45) is 5.73 Å². The molecule has 0 amide bonds. The van der Waals surface area contributed by atoms with Crippen molar-refractivity contribution in [3.05, 3.63) is 51.1 Å². The lowest BCUT2D eigenvalue weighted by Crippen LogP contribution is -2.12. The van der Waals surface area contributed by atoms with E-state index in [0.717, 1.165) is 6.07 Å². The first kappa shape index (κ1) is 14.7. The van der Waals surface area contributed by atoms with Crippen molar-refractivity contribution in [2.75, 3.05) is 0 Å². The van der Waals surface area contributed by atoms with Gasteiger partial charge in [-0.3, -0.25) is 5.41 Å². The number of ether oxygens (including phenoxy) is 1. The Labute approximate surface area is 126 Å². The lowest BCUT2D eigenvalue weighted by Gasteiger charge is -2.10. The highest BCUT2D eigenvalue weighted by Gasteiger charge is 2.16. The maximum Gasteiger partial charge on any atom is 0.239 e. The molecule has 1 aromatic heterocycles. The maximum absolute atomic E-state index is 13.6. The van der Waals surface area contributed by atoms with Gasteiger partial charge < -0.3 is 10.5 Å². The predicted octanol–water partition coefficient (Wildman–Crippen LogP) is 3.85. The molecule has 0 aliphatic rings. The van der Waals surface area contributed by atoms with E-state index in [0.29, 0.717) is 4.47 Å². The van der Waals surface area contributed by atoms with Gasteiger partial charge in [-0.05, 0) is 18.2 Å². The van der Waals surface area contributed by atoms with Gasteiger partial charge in [-0.2, -0.15) is 4.39 Å². The number of hydrogen-bond acceptors (Lipinski definition) is 3. The Balaban J connectivity index is 2.46. The number of hydrogen-bond donors (Lipinski definition) is 2.